The summed E-state index contributed by atoms with van der Waals surface area (Å²) in [6, 6.07) is 0.0103. The molecule has 1 aromatic heterocycles. The van der Waals surface area contributed by atoms with Crippen LogP contribution < -0.4 is 16.6 Å². The van der Waals surface area contributed by atoms with Crippen LogP contribution in [0.4, 0.5) is 17.5 Å². The zero-order chi connectivity index (χ0) is 14.7. The van der Waals surface area contributed by atoms with Crippen molar-refractivity contribution in [1.82, 2.24) is 9.97 Å². The Kier molecular flexibility index (Phi) is 4.30. The van der Waals surface area contributed by atoms with Crippen LogP contribution in [-0.4, -0.2) is 34.1 Å². The van der Waals surface area contributed by atoms with Crippen LogP contribution in [0.1, 0.15) is 19.0 Å². The number of hydrazine groups is 1. The largest absolute Gasteiger partial charge is 0.381 e. The van der Waals surface area contributed by atoms with E-state index in [1.54, 1.807) is 6.92 Å². The summed E-state index contributed by atoms with van der Waals surface area (Å²) in [4.78, 5) is 18.6. The molecule has 1 saturated heterocycles. The fourth-order valence-corrected chi connectivity index (χ4v) is 2.23. The zero-order valence-electron chi connectivity index (χ0n) is 11.4. The van der Waals surface area contributed by atoms with E-state index >= 15 is 0 Å². The van der Waals surface area contributed by atoms with Crippen LogP contribution in [0.15, 0.2) is 0 Å². The fourth-order valence-electron chi connectivity index (χ4n) is 2.23. The van der Waals surface area contributed by atoms with Crippen molar-refractivity contribution >= 4 is 17.5 Å². The van der Waals surface area contributed by atoms with Gasteiger partial charge in [0.2, 0.25) is 11.8 Å². The van der Waals surface area contributed by atoms with Crippen LogP contribution in [0.5, 0.6) is 0 Å². The first-order chi connectivity index (χ1) is 9.52. The van der Waals surface area contributed by atoms with E-state index in [2.05, 4.69) is 20.7 Å². The van der Waals surface area contributed by atoms with E-state index < -0.39 is 4.92 Å². The quantitative estimate of drug-likeness (QED) is 0.411. The lowest BCUT2D eigenvalue weighted by atomic mass is 10.0. The molecule has 0 aromatic carbocycles. The molecule has 4 N–H and O–H groups in total. The van der Waals surface area contributed by atoms with E-state index in [4.69, 9.17) is 10.6 Å². The van der Waals surface area contributed by atoms with Gasteiger partial charge < -0.3 is 10.1 Å². The Morgan fingerprint density at radius 1 is 1.55 bits per heavy atom. The SMILES string of the molecule is Cc1nc(NN)nc(NC(C)C2CCOC2)c1[N+](=O)[O-]. The first-order valence-electron chi connectivity index (χ1n) is 6.37. The van der Waals surface area contributed by atoms with Crippen molar-refractivity contribution in [1.29, 1.82) is 0 Å². The fraction of sp³-hybridized carbons (Fsp3) is 0.636. The Labute approximate surface area is 116 Å². The summed E-state index contributed by atoms with van der Waals surface area (Å²) in [5.74, 6) is 5.90. The molecule has 110 valence electrons. The maximum absolute atomic E-state index is 11.2. The van der Waals surface area contributed by atoms with E-state index in [0.29, 0.717) is 12.5 Å². The molecule has 2 heterocycles. The summed E-state index contributed by atoms with van der Waals surface area (Å²) in [6.07, 6.45) is 0.925. The summed E-state index contributed by atoms with van der Waals surface area (Å²) in [5.41, 5.74) is 2.44. The van der Waals surface area contributed by atoms with E-state index in [9.17, 15) is 10.1 Å². The lowest BCUT2D eigenvalue weighted by Crippen LogP contribution is -2.27. The van der Waals surface area contributed by atoms with Crippen LogP contribution in [0.25, 0.3) is 0 Å². The molecule has 1 aromatic rings. The number of nitrogen functional groups attached to an aromatic ring is 1. The third kappa shape index (κ3) is 2.94. The molecule has 0 radical (unpaired) electrons. The molecule has 9 heteroatoms. The molecule has 0 aliphatic carbocycles. The maximum Gasteiger partial charge on any atom is 0.332 e. The van der Waals surface area contributed by atoms with Gasteiger partial charge in [0.15, 0.2) is 0 Å². The van der Waals surface area contributed by atoms with Crippen molar-refractivity contribution < 1.29 is 9.66 Å². The number of nitrogens with one attached hydrogen (secondary N) is 2. The van der Waals surface area contributed by atoms with Gasteiger partial charge in [0.25, 0.3) is 0 Å². The van der Waals surface area contributed by atoms with Crippen LogP contribution in [0.3, 0.4) is 0 Å². The molecule has 2 unspecified atom stereocenters. The van der Waals surface area contributed by atoms with Crippen LogP contribution in [-0.2, 0) is 4.74 Å². The number of hydrogen-bond donors (Lipinski definition) is 3. The third-order valence-electron chi connectivity index (χ3n) is 3.41. The summed E-state index contributed by atoms with van der Waals surface area (Å²) in [5, 5.41) is 14.2. The summed E-state index contributed by atoms with van der Waals surface area (Å²) >= 11 is 0. The summed E-state index contributed by atoms with van der Waals surface area (Å²) in [7, 11) is 0. The number of anilines is 2. The normalized spacial score (nSPS) is 19.6. The number of aromatic nitrogens is 2. The van der Waals surface area contributed by atoms with Crippen molar-refractivity contribution in [3.05, 3.63) is 15.8 Å². The lowest BCUT2D eigenvalue weighted by molar-refractivity contribution is -0.385. The maximum atomic E-state index is 11.2. The highest BCUT2D eigenvalue weighted by molar-refractivity contribution is 5.61. The average Bonchev–Trinajstić information content (AvgIpc) is 2.91. The molecule has 2 rings (SSSR count). The minimum atomic E-state index is -0.490. The second kappa shape index (κ2) is 5.97. The van der Waals surface area contributed by atoms with Gasteiger partial charge in [-0.15, -0.1) is 0 Å². The average molecular weight is 282 g/mol. The number of aryl methyl sites for hydroxylation is 1. The molecule has 0 spiro atoms. The van der Waals surface area contributed by atoms with Crippen LogP contribution in [0.2, 0.25) is 0 Å². The minimum Gasteiger partial charge on any atom is -0.381 e. The Morgan fingerprint density at radius 2 is 2.30 bits per heavy atom. The monoisotopic (exact) mass is 282 g/mol. The molecular weight excluding hydrogens is 264 g/mol. The van der Waals surface area contributed by atoms with Gasteiger partial charge in [0, 0.05) is 18.6 Å². The zero-order valence-corrected chi connectivity index (χ0v) is 11.4. The van der Waals surface area contributed by atoms with Crippen molar-refractivity contribution in [3.8, 4) is 0 Å². The smallest absolute Gasteiger partial charge is 0.332 e. The Balaban J connectivity index is 2.28. The molecule has 1 aliphatic rings. The summed E-state index contributed by atoms with van der Waals surface area (Å²) < 4.78 is 5.32. The van der Waals surface area contributed by atoms with Gasteiger partial charge in [-0.2, -0.15) is 4.98 Å². The number of rotatable bonds is 5. The predicted octanol–water partition coefficient (Wildman–Crippen LogP) is 0.816. The highest BCUT2D eigenvalue weighted by Crippen LogP contribution is 2.28. The molecular formula is C11H18N6O3. The molecule has 0 bridgehead atoms. The van der Waals surface area contributed by atoms with Crippen molar-refractivity contribution in [2.75, 3.05) is 24.0 Å². The van der Waals surface area contributed by atoms with E-state index in [-0.39, 0.29) is 29.2 Å². The molecule has 1 fully saturated rings. The van der Waals surface area contributed by atoms with Crippen molar-refractivity contribution in [3.63, 3.8) is 0 Å². The van der Waals surface area contributed by atoms with Gasteiger partial charge in [-0.25, -0.2) is 10.8 Å². The van der Waals surface area contributed by atoms with Crippen molar-refractivity contribution in [2.45, 2.75) is 26.3 Å². The number of nitrogens with zero attached hydrogens (tertiary/aromatic N) is 3. The van der Waals surface area contributed by atoms with Gasteiger partial charge in [0.1, 0.15) is 5.69 Å². The van der Waals surface area contributed by atoms with Gasteiger partial charge in [0.05, 0.1) is 11.5 Å². The van der Waals surface area contributed by atoms with Gasteiger partial charge >= 0.3 is 5.69 Å². The number of nitrogens with two attached hydrogens (primary N) is 1. The molecule has 20 heavy (non-hydrogen) atoms. The molecule has 9 nitrogen and oxygen atoms in total. The predicted molar refractivity (Wildman–Crippen MR) is 73.2 cm³/mol. The molecule has 2 atom stereocenters. The molecule has 1 aliphatic heterocycles. The first kappa shape index (κ1) is 14.4. The number of hydrogen-bond acceptors (Lipinski definition) is 8. The number of ether oxygens (including phenoxy) is 1. The highest BCUT2D eigenvalue weighted by Gasteiger charge is 2.27. The Morgan fingerprint density at radius 3 is 2.85 bits per heavy atom. The van der Waals surface area contributed by atoms with E-state index in [0.717, 1.165) is 13.0 Å². The standard InChI is InChI=1S/C11H18N6O3/c1-6(8-3-4-20-5-8)13-10-9(17(18)19)7(2)14-11(15-10)16-12/h6,8H,3-5,12H2,1-2H3,(H2,13,14,15,16). The van der Waals surface area contributed by atoms with Gasteiger partial charge in [-0.1, -0.05) is 0 Å². The summed E-state index contributed by atoms with van der Waals surface area (Å²) in [6.45, 7) is 4.87. The highest BCUT2D eigenvalue weighted by atomic mass is 16.6. The van der Waals surface area contributed by atoms with E-state index in [1.165, 1.54) is 0 Å². The topological polar surface area (TPSA) is 128 Å². The van der Waals surface area contributed by atoms with Crippen LogP contribution >= 0.6 is 0 Å². The molecule has 0 saturated carbocycles. The lowest BCUT2D eigenvalue weighted by Gasteiger charge is -2.20. The molecule has 0 amide bonds. The Bertz CT molecular complexity index is 503. The first-order valence-corrected chi connectivity index (χ1v) is 6.37. The minimum absolute atomic E-state index is 0.0103. The number of nitro groups is 1. The third-order valence-corrected chi connectivity index (χ3v) is 3.41. The Hall–Kier alpha value is -2.00. The van der Waals surface area contributed by atoms with Crippen molar-refractivity contribution in [2.24, 2.45) is 11.8 Å². The second-order valence-electron chi connectivity index (χ2n) is 4.79. The van der Waals surface area contributed by atoms with Crippen LogP contribution in [0, 0.1) is 23.0 Å². The van der Waals surface area contributed by atoms with E-state index in [1.807, 2.05) is 6.92 Å². The second-order valence-corrected chi connectivity index (χ2v) is 4.79. The van der Waals surface area contributed by atoms with Gasteiger partial charge in [-0.3, -0.25) is 15.5 Å². The van der Waals surface area contributed by atoms with Gasteiger partial charge in [-0.05, 0) is 20.3 Å².